The molecule has 1 amide bonds. The molecule has 2 heterocycles. The Bertz CT molecular complexity index is 747. The van der Waals surface area contributed by atoms with E-state index in [1.54, 1.807) is 37.7 Å². The minimum absolute atomic E-state index is 0. The number of hydrogen-bond donors (Lipinski definition) is 2. The number of benzene rings is 1. The van der Waals surface area contributed by atoms with Crippen molar-refractivity contribution in [2.45, 2.75) is 32.6 Å². The fourth-order valence-corrected chi connectivity index (χ4v) is 3.02. The molecule has 0 unspecified atom stereocenters. The second-order valence-corrected chi connectivity index (χ2v) is 6.32. The summed E-state index contributed by atoms with van der Waals surface area (Å²) in [6.07, 6.45) is 1.99. The van der Waals surface area contributed by atoms with Gasteiger partial charge in [-0.15, -0.1) is 12.4 Å². The summed E-state index contributed by atoms with van der Waals surface area (Å²) in [6.45, 7) is 5.21. The summed E-state index contributed by atoms with van der Waals surface area (Å²) in [7, 11) is 1.76. The van der Waals surface area contributed by atoms with Crippen LogP contribution in [0.3, 0.4) is 0 Å². The number of aryl methyl sites for hydroxylation is 3. The molecule has 2 N–H and O–H groups in total. The summed E-state index contributed by atoms with van der Waals surface area (Å²) in [6, 6.07) is 3.09. The van der Waals surface area contributed by atoms with Gasteiger partial charge in [0.25, 0.3) is 5.91 Å². The number of amides is 1. The zero-order valence-electron chi connectivity index (χ0n) is 14.6. The van der Waals surface area contributed by atoms with Crippen LogP contribution in [-0.4, -0.2) is 33.8 Å². The third-order valence-corrected chi connectivity index (χ3v) is 4.41. The Morgan fingerprint density at radius 2 is 1.88 bits per heavy atom. The number of nitrogens with zero attached hydrogens (tertiary/aromatic N) is 3. The predicted molar refractivity (Wildman–Crippen MR) is 96.9 cm³/mol. The Labute approximate surface area is 152 Å². The SMILES string of the molecule is Cc1cc(C(=O)Nc2nc(C3CCNCC3)nn2C)cc(C)c1F.Cl. The van der Waals surface area contributed by atoms with Gasteiger partial charge in [-0.05, 0) is 63.0 Å². The summed E-state index contributed by atoms with van der Waals surface area (Å²) in [4.78, 5) is 16.9. The lowest BCUT2D eigenvalue weighted by atomic mass is 9.98. The summed E-state index contributed by atoms with van der Waals surface area (Å²) < 4.78 is 15.3. The highest BCUT2D eigenvalue weighted by atomic mass is 35.5. The van der Waals surface area contributed by atoms with E-state index in [0.717, 1.165) is 31.8 Å². The maximum Gasteiger partial charge on any atom is 0.258 e. The first kappa shape index (κ1) is 19.3. The van der Waals surface area contributed by atoms with Gasteiger partial charge in [-0.1, -0.05) is 0 Å². The van der Waals surface area contributed by atoms with Crippen LogP contribution in [-0.2, 0) is 7.05 Å². The van der Waals surface area contributed by atoms with Crippen LogP contribution in [0.25, 0.3) is 0 Å². The first-order valence-electron chi connectivity index (χ1n) is 8.15. The molecule has 1 fully saturated rings. The lowest BCUT2D eigenvalue weighted by molar-refractivity contribution is 0.102. The number of hydrogen-bond acceptors (Lipinski definition) is 4. The molecule has 6 nitrogen and oxygen atoms in total. The molecule has 0 spiro atoms. The Morgan fingerprint density at radius 1 is 1.28 bits per heavy atom. The minimum Gasteiger partial charge on any atom is -0.317 e. The van der Waals surface area contributed by atoms with Crippen molar-refractivity contribution in [3.8, 4) is 0 Å². The second kappa shape index (κ2) is 7.93. The molecular formula is C17H23ClFN5O. The fraction of sp³-hybridized carbons (Fsp3) is 0.471. The van der Waals surface area contributed by atoms with Crippen LogP contribution in [0.5, 0.6) is 0 Å². The number of aromatic nitrogens is 3. The average Bonchev–Trinajstić information content (AvgIpc) is 2.93. The standard InChI is InChI=1S/C17H22FN5O.ClH/c1-10-8-13(9-11(2)14(10)18)16(24)21-17-20-15(22-23(17)3)12-4-6-19-7-5-12;/h8-9,12,19H,4-7H2,1-3H3,(H,20,21,22,24);1H. The number of piperidine rings is 1. The van der Waals surface area contributed by atoms with Crippen molar-refractivity contribution in [3.63, 3.8) is 0 Å². The highest BCUT2D eigenvalue weighted by molar-refractivity contribution is 6.03. The summed E-state index contributed by atoms with van der Waals surface area (Å²) in [5, 5.41) is 10.5. The fourth-order valence-electron chi connectivity index (χ4n) is 3.02. The molecule has 1 aromatic carbocycles. The number of nitrogens with one attached hydrogen (secondary N) is 2. The summed E-state index contributed by atoms with van der Waals surface area (Å²) in [5.74, 6) is 0.902. The minimum atomic E-state index is -0.312. The largest absolute Gasteiger partial charge is 0.317 e. The number of carbonyl (C=O) groups is 1. The van der Waals surface area contributed by atoms with E-state index in [1.165, 1.54) is 0 Å². The third-order valence-electron chi connectivity index (χ3n) is 4.41. The molecule has 0 saturated carbocycles. The zero-order chi connectivity index (χ0) is 17.3. The molecule has 1 saturated heterocycles. The second-order valence-electron chi connectivity index (χ2n) is 6.32. The van der Waals surface area contributed by atoms with E-state index in [1.807, 2.05) is 0 Å². The van der Waals surface area contributed by atoms with E-state index in [9.17, 15) is 9.18 Å². The van der Waals surface area contributed by atoms with Crippen LogP contribution in [0, 0.1) is 19.7 Å². The predicted octanol–water partition coefficient (Wildman–Crippen LogP) is 2.71. The topological polar surface area (TPSA) is 71.8 Å². The van der Waals surface area contributed by atoms with Crippen LogP contribution in [0.1, 0.15) is 46.1 Å². The van der Waals surface area contributed by atoms with Crippen molar-refractivity contribution < 1.29 is 9.18 Å². The summed E-state index contributed by atoms with van der Waals surface area (Å²) in [5.41, 5.74) is 1.32. The maximum absolute atomic E-state index is 13.7. The van der Waals surface area contributed by atoms with Crippen molar-refractivity contribution in [1.29, 1.82) is 0 Å². The Balaban J connectivity index is 0.00000225. The van der Waals surface area contributed by atoms with Gasteiger partial charge in [-0.2, -0.15) is 10.1 Å². The van der Waals surface area contributed by atoms with Gasteiger partial charge in [0.1, 0.15) is 5.82 Å². The van der Waals surface area contributed by atoms with Gasteiger partial charge in [0.15, 0.2) is 5.82 Å². The molecule has 0 atom stereocenters. The van der Waals surface area contributed by atoms with Gasteiger partial charge in [-0.3, -0.25) is 10.1 Å². The van der Waals surface area contributed by atoms with Crippen molar-refractivity contribution in [1.82, 2.24) is 20.1 Å². The molecule has 1 aromatic heterocycles. The lowest BCUT2D eigenvalue weighted by Gasteiger charge is -2.19. The van der Waals surface area contributed by atoms with Gasteiger partial charge >= 0.3 is 0 Å². The molecule has 0 radical (unpaired) electrons. The number of anilines is 1. The number of rotatable bonds is 3. The van der Waals surface area contributed by atoms with Gasteiger partial charge in [0.2, 0.25) is 5.95 Å². The molecular weight excluding hydrogens is 345 g/mol. The molecule has 136 valence electrons. The molecule has 3 rings (SSSR count). The van der Waals surface area contributed by atoms with Crippen LogP contribution in [0.15, 0.2) is 12.1 Å². The van der Waals surface area contributed by atoms with E-state index < -0.39 is 0 Å². The molecule has 0 aliphatic carbocycles. The van der Waals surface area contributed by atoms with E-state index in [4.69, 9.17) is 0 Å². The van der Waals surface area contributed by atoms with Crippen molar-refractivity contribution in [2.24, 2.45) is 7.05 Å². The summed E-state index contributed by atoms with van der Waals surface area (Å²) >= 11 is 0. The van der Waals surface area contributed by atoms with Gasteiger partial charge in [-0.25, -0.2) is 9.07 Å². The quantitative estimate of drug-likeness (QED) is 0.875. The molecule has 1 aliphatic rings. The first-order valence-corrected chi connectivity index (χ1v) is 8.15. The maximum atomic E-state index is 13.7. The van der Waals surface area contributed by atoms with E-state index in [2.05, 4.69) is 20.7 Å². The van der Waals surface area contributed by atoms with Gasteiger partial charge < -0.3 is 5.32 Å². The molecule has 2 aromatic rings. The molecule has 1 aliphatic heterocycles. The molecule has 0 bridgehead atoms. The Morgan fingerprint density at radius 3 is 2.48 bits per heavy atom. The van der Waals surface area contributed by atoms with Crippen LogP contribution >= 0.6 is 12.4 Å². The smallest absolute Gasteiger partial charge is 0.258 e. The molecule has 8 heteroatoms. The van der Waals surface area contributed by atoms with Crippen molar-refractivity contribution >= 4 is 24.3 Å². The van der Waals surface area contributed by atoms with Crippen molar-refractivity contribution in [3.05, 3.63) is 40.5 Å². The van der Waals surface area contributed by atoms with E-state index in [0.29, 0.717) is 28.6 Å². The molecule has 25 heavy (non-hydrogen) atoms. The van der Waals surface area contributed by atoms with Crippen LogP contribution < -0.4 is 10.6 Å². The van der Waals surface area contributed by atoms with Crippen LogP contribution in [0.4, 0.5) is 10.3 Å². The lowest BCUT2D eigenvalue weighted by Crippen LogP contribution is -2.27. The monoisotopic (exact) mass is 367 g/mol. The number of halogens is 2. The van der Waals surface area contributed by atoms with Gasteiger partial charge in [0, 0.05) is 18.5 Å². The Kier molecular flexibility index (Phi) is 6.13. The van der Waals surface area contributed by atoms with E-state index >= 15 is 0 Å². The normalized spacial score (nSPS) is 14.9. The third kappa shape index (κ3) is 4.16. The van der Waals surface area contributed by atoms with Crippen molar-refractivity contribution in [2.75, 3.05) is 18.4 Å². The average molecular weight is 368 g/mol. The highest BCUT2D eigenvalue weighted by Crippen LogP contribution is 2.23. The van der Waals surface area contributed by atoms with Gasteiger partial charge in [0.05, 0.1) is 0 Å². The highest BCUT2D eigenvalue weighted by Gasteiger charge is 2.21. The zero-order valence-corrected chi connectivity index (χ0v) is 15.4. The first-order chi connectivity index (χ1) is 11.5. The Hall–Kier alpha value is -1.99. The number of carbonyl (C=O) groups excluding carboxylic acids is 1. The van der Waals surface area contributed by atoms with E-state index in [-0.39, 0.29) is 24.1 Å². The van der Waals surface area contributed by atoms with Crippen LogP contribution in [0.2, 0.25) is 0 Å².